The Kier molecular flexibility index (Phi) is 5.76. The molecule has 2 atom stereocenters. The van der Waals surface area contributed by atoms with Gasteiger partial charge in [-0.25, -0.2) is 4.98 Å². The Morgan fingerprint density at radius 1 is 1.24 bits per heavy atom. The summed E-state index contributed by atoms with van der Waals surface area (Å²) in [5.41, 5.74) is 8.11. The maximum atomic E-state index is 5.84. The van der Waals surface area contributed by atoms with E-state index in [9.17, 15) is 0 Å². The van der Waals surface area contributed by atoms with Crippen molar-refractivity contribution in [1.29, 1.82) is 0 Å². The van der Waals surface area contributed by atoms with Gasteiger partial charge in [0.2, 0.25) is 0 Å². The van der Waals surface area contributed by atoms with Gasteiger partial charge >= 0.3 is 0 Å². The van der Waals surface area contributed by atoms with Crippen molar-refractivity contribution in [3.63, 3.8) is 0 Å². The smallest absolute Gasteiger partial charge is 0.112 e. The lowest BCUT2D eigenvalue weighted by Crippen LogP contribution is -2.15. The molecule has 2 rings (SSSR count). The lowest BCUT2D eigenvalue weighted by Gasteiger charge is -2.15. The summed E-state index contributed by atoms with van der Waals surface area (Å²) in [6.07, 6.45) is 3.34. The van der Waals surface area contributed by atoms with Crippen molar-refractivity contribution in [2.75, 3.05) is 13.7 Å². The molecule has 0 amide bonds. The third-order valence-electron chi connectivity index (χ3n) is 3.94. The standard InChI is InChI=1S/C17H27N3O/c1-13(7-6-8-14(2)18)17-19-15-9-4-5-10-16(15)20(17)11-12-21-3/h4-5,9-10,13-14H,6-8,11-12,18H2,1-3H3. The van der Waals surface area contributed by atoms with E-state index in [1.54, 1.807) is 7.11 Å². The number of aromatic nitrogens is 2. The summed E-state index contributed by atoms with van der Waals surface area (Å²) >= 11 is 0. The summed E-state index contributed by atoms with van der Waals surface area (Å²) in [4.78, 5) is 4.84. The molecule has 0 saturated heterocycles. The number of benzene rings is 1. The molecule has 0 radical (unpaired) electrons. The van der Waals surface area contributed by atoms with Gasteiger partial charge in [-0.3, -0.25) is 0 Å². The van der Waals surface area contributed by atoms with Crippen LogP contribution < -0.4 is 5.73 Å². The molecule has 0 aliphatic heterocycles. The van der Waals surface area contributed by atoms with Gasteiger partial charge in [0.05, 0.1) is 17.6 Å². The van der Waals surface area contributed by atoms with E-state index in [1.165, 1.54) is 5.52 Å². The largest absolute Gasteiger partial charge is 0.383 e. The topological polar surface area (TPSA) is 53.1 Å². The van der Waals surface area contributed by atoms with Crippen LogP contribution in [0.15, 0.2) is 24.3 Å². The minimum atomic E-state index is 0.282. The Labute approximate surface area is 127 Å². The number of ether oxygens (including phenoxy) is 1. The van der Waals surface area contributed by atoms with Gasteiger partial charge in [-0.05, 0) is 31.9 Å². The normalized spacial score (nSPS) is 14.5. The lowest BCUT2D eigenvalue weighted by molar-refractivity contribution is 0.187. The van der Waals surface area contributed by atoms with E-state index in [1.807, 2.05) is 6.07 Å². The molecule has 0 aliphatic rings. The van der Waals surface area contributed by atoms with E-state index in [2.05, 4.69) is 36.6 Å². The van der Waals surface area contributed by atoms with Crippen molar-refractivity contribution in [2.24, 2.45) is 5.73 Å². The highest BCUT2D eigenvalue weighted by Gasteiger charge is 2.16. The first-order valence-corrected chi connectivity index (χ1v) is 7.83. The highest BCUT2D eigenvalue weighted by atomic mass is 16.5. The molecule has 2 aromatic rings. The molecule has 0 bridgehead atoms. The number of hydrogen-bond acceptors (Lipinski definition) is 3. The predicted octanol–water partition coefficient (Wildman–Crippen LogP) is 3.30. The van der Waals surface area contributed by atoms with Crippen LogP contribution in [0.3, 0.4) is 0 Å². The van der Waals surface area contributed by atoms with Crippen LogP contribution in [0.5, 0.6) is 0 Å². The molecule has 2 N–H and O–H groups in total. The quantitative estimate of drug-likeness (QED) is 0.811. The van der Waals surface area contributed by atoms with Crippen LogP contribution >= 0.6 is 0 Å². The van der Waals surface area contributed by atoms with Crippen LogP contribution in [-0.2, 0) is 11.3 Å². The lowest BCUT2D eigenvalue weighted by atomic mass is 10.0. The number of nitrogens with zero attached hydrogens (tertiary/aromatic N) is 2. The predicted molar refractivity (Wildman–Crippen MR) is 87.5 cm³/mol. The summed E-state index contributed by atoms with van der Waals surface area (Å²) < 4.78 is 7.55. The van der Waals surface area contributed by atoms with Crippen molar-refractivity contribution in [3.8, 4) is 0 Å². The molecule has 4 nitrogen and oxygen atoms in total. The molecule has 0 aliphatic carbocycles. The van der Waals surface area contributed by atoms with Gasteiger partial charge in [0.1, 0.15) is 5.82 Å². The first kappa shape index (κ1) is 16.0. The SMILES string of the molecule is COCCn1c(C(C)CCCC(C)N)nc2ccccc21. The van der Waals surface area contributed by atoms with E-state index >= 15 is 0 Å². The monoisotopic (exact) mass is 289 g/mol. The van der Waals surface area contributed by atoms with Gasteiger partial charge in [-0.1, -0.05) is 25.5 Å². The zero-order valence-corrected chi connectivity index (χ0v) is 13.4. The van der Waals surface area contributed by atoms with Crippen molar-refractivity contribution in [2.45, 2.75) is 51.6 Å². The molecule has 1 aromatic carbocycles. The Morgan fingerprint density at radius 2 is 2.00 bits per heavy atom. The maximum Gasteiger partial charge on any atom is 0.112 e. The Morgan fingerprint density at radius 3 is 2.71 bits per heavy atom. The molecule has 1 heterocycles. The fraction of sp³-hybridized carbons (Fsp3) is 0.588. The molecule has 0 spiro atoms. The summed E-state index contributed by atoms with van der Waals surface area (Å²) in [6, 6.07) is 8.61. The number of methoxy groups -OCH3 is 1. The van der Waals surface area contributed by atoms with Crippen molar-refractivity contribution < 1.29 is 4.74 Å². The zero-order chi connectivity index (χ0) is 15.2. The molecule has 2 unspecified atom stereocenters. The summed E-state index contributed by atoms with van der Waals surface area (Å²) in [6.45, 7) is 5.88. The molecule has 4 heteroatoms. The van der Waals surface area contributed by atoms with Gasteiger partial charge in [0.25, 0.3) is 0 Å². The van der Waals surface area contributed by atoms with E-state index < -0.39 is 0 Å². The third-order valence-corrected chi connectivity index (χ3v) is 3.94. The first-order valence-electron chi connectivity index (χ1n) is 7.83. The van der Waals surface area contributed by atoms with E-state index in [-0.39, 0.29) is 6.04 Å². The maximum absolute atomic E-state index is 5.84. The van der Waals surface area contributed by atoms with Crippen LogP contribution in [0.2, 0.25) is 0 Å². The van der Waals surface area contributed by atoms with Crippen LogP contribution in [0.1, 0.15) is 44.9 Å². The minimum absolute atomic E-state index is 0.282. The van der Waals surface area contributed by atoms with Gasteiger partial charge in [0, 0.05) is 25.6 Å². The fourth-order valence-electron chi connectivity index (χ4n) is 2.76. The van der Waals surface area contributed by atoms with Gasteiger partial charge in [-0.15, -0.1) is 0 Å². The van der Waals surface area contributed by atoms with Crippen LogP contribution in [-0.4, -0.2) is 29.3 Å². The first-order chi connectivity index (χ1) is 10.1. The summed E-state index contributed by atoms with van der Waals surface area (Å²) in [5, 5.41) is 0. The zero-order valence-electron chi connectivity index (χ0n) is 13.4. The second-order valence-corrected chi connectivity index (χ2v) is 5.91. The van der Waals surface area contributed by atoms with Gasteiger partial charge in [0.15, 0.2) is 0 Å². The fourth-order valence-corrected chi connectivity index (χ4v) is 2.76. The molecular formula is C17H27N3O. The van der Waals surface area contributed by atoms with E-state index in [0.29, 0.717) is 12.5 Å². The van der Waals surface area contributed by atoms with Crippen molar-refractivity contribution in [1.82, 2.24) is 9.55 Å². The Balaban J connectivity index is 2.20. The second-order valence-electron chi connectivity index (χ2n) is 5.91. The number of para-hydroxylation sites is 2. The van der Waals surface area contributed by atoms with Crippen LogP contribution in [0.4, 0.5) is 0 Å². The van der Waals surface area contributed by atoms with Crippen LogP contribution in [0, 0.1) is 0 Å². The Hall–Kier alpha value is -1.39. The highest BCUT2D eigenvalue weighted by molar-refractivity contribution is 5.76. The molecular weight excluding hydrogens is 262 g/mol. The van der Waals surface area contributed by atoms with Gasteiger partial charge in [-0.2, -0.15) is 0 Å². The van der Waals surface area contributed by atoms with Crippen molar-refractivity contribution >= 4 is 11.0 Å². The average molecular weight is 289 g/mol. The molecule has 21 heavy (non-hydrogen) atoms. The Bertz CT molecular complexity index is 562. The van der Waals surface area contributed by atoms with Crippen LogP contribution in [0.25, 0.3) is 11.0 Å². The number of imidazole rings is 1. The summed E-state index contributed by atoms with van der Waals surface area (Å²) in [5.74, 6) is 1.60. The number of hydrogen-bond donors (Lipinski definition) is 1. The highest BCUT2D eigenvalue weighted by Crippen LogP contribution is 2.25. The third kappa shape index (κ3) is 4.05. The average Bonchev–Trinajstić information content (AvgIpc) is 2.83. The van der Waals surface area contributed by atoms with Crippen molar-refractivity contribution in [3.05, 3.63) is 30.1 Å². The minimum Gasteiger partial charge on any atom is -0.383 e. The van der Waals surface area contributed by atoms with E-state index in [0.717, 1.165) is 37.1 Å². The number of fused-ring (bicyclic) bond motifs is 1. The molecule has 116 valence electrons. The molecule has 0 fully saturated rings. The summed E-state index contributed by atoms with van der Waals surface area (Å²) in [7, 11) is 1.74. The van der Waals surface area contributed by atoms with Gasteiger partial charge < -0.3 is 15.0 Å². The molecule has 0 saturated carbocycles. The second kappa shape index (κ2) is 7.57. The molecule has 1 aromatic heterocycles. The number of nitrogens with two attached hydrogens (primary N) is 1. The number of rotatable bonds is 8. The van der Waals surface area contributed by atoms with E-state index in [4.69, 9.17) is 15.5 Å².